The second-order valence-electron chi connectivity index (χ2n) is 7.50. The van der Waals surface area contributed by atoms with Crippen molar-refractivity contribution >= 4 is 5.91 Å². The van der Waals surface area contributed by atoms with E-state index in [1.54, 1.807) is 0 Å². The third kappa shape index (κ3) is 3.82. The van der Waals surface area contributed by atoms with Crippen LogP contribution in [0, 0.1) is 0 Å². The largest absolute Gasteiger partial charge is 0.486 e. The number of hydrogen-bond acceptors (Lipinski definition) is 6. The molecule has 0 aliphatic carbocycles. The number of carbonyl (C=O) groups is 1. The van der Waals surface area contributed by atoms with E-state index in [-0.39, 0.29) is 18.7 Å². The maximum atomic E-state index is 12.6. The van der Waals surface area contributed by atoms with Crippen molar-refractivity contribution in [1.29, 1.82) is 0 Å². The van der Waals surface area contributed by atoms with Crippen molar-refractivity contribution in [2.75, 3.05) is 33.1 Å². The molecule has 7 nitrogen and oxygen atoms in total. The van der Waals surface area contributed by atoms with E-state index in [2.05, 4.69) is 22.3 Å². The van der Waals surface area contributed by atoms with E-state index in [4.69, 9.17) is 18.9 Å². The molecular weight excluding hydrogens is 372 g/mol. The van der Waals surface area contributed by atoms with Gasteiger partial charge in [-0.05, 0) is 54.8 Å². The van der Waals surface area contributed by atoms with Crippen molar-refractivity contribution in [3.8, 4) is 23.0 Å². The lowest BCUT2D eigenvalue weighted by Crippen LogP contribution is -2.36. The lowest BCUT2D eigenvalue weighted by Gasteiger charge is -2.26. The minimum Gasteiger partial charge on any atom is -0.486 e. The molecule has 1 N–H and O–H groups in total. The molecule has 5 rings (SSSR count). The topological polar surface area (TPSA) is 69.3 Å². The first-order chi connectivity index (χ1) is 14.3. The van der Waals surface area contributed by atoms with Crippen LogP contribution in [0.2, 0.25) is 0 Å². The fourth-order valence-electron chi connectivity index (χ4n) is 4.15. The number of amides is 1. The minimum absolute atomic E-state index is 0.0205. The van der Waals surface area contributed by atoms with E-state index in [1.165, 1.54) is 5.56 Å². The van der Waals surface area contributed by atoms with Gasteiger partial charge < -0.3 is 24.3 Å². The van der Waals surface area contributed by atoms with E-state index < -0.39 is 0 Å². The van der Waals surface area contributed by atoms with Crippen LogP contribution in [0.15, 0.2) is 36.4 Å². The summed E-state index contributed by atoms with van der Waals surface area (Å²) in [4.78, 5) is 14.8. The van der Waals surface area contributed by atoms with Gasteiger partial charge in [0, 0.05) is 12.6 Å². The van der Waals surface area contributed by atoms with Crippen LogP contribution in [0.1, 0.15) is 30.0 Å². The first-order valence-corrected chi connectivity index (χ1v) is 10.0. The Morgan fingerprint density at radius 3 is 2.66 bits per heavy atom. The number of fused-ring (bicyclic) bond motifs is 2. The maximum Gasteiger partial charge on any atom is 0.234 e. The van der Waals surface area contributed by atoms with Gasteiger partial charge in [-0.2, -0.15) is 0 Å². The minimum atomic E-state index is 0.0205. The Morgan fingerprint density at radius 2 is 1.72 bits per heavy atom. The first kappa shape index (κ1) is 18.1. The summed E-state index contributed by atoms with van der Waals surface area (Å²) in [6.07, 6.45) is 2.11. The summed E-state index contributed by atoms with van der Waals surface area (Å²) < 4.78 is 22.0. The zero-order valence-electron chi connectivity index (χ0n) is 16.2. The summed E-state index contributed by atoms with van der Waals surface area (Å²) >= 11 is 0. The van der Waals surface area contributed by atoms with Crippen molar-refractivity contribution in [3.05, 3.63) is 47.5 Å². The van der Waals surface area contributed by atoms with Gasteiger partial charge in [-0.15, -0.1) is 0 Å². The van der Waals surface area contributed by atoms with Crippen molar-refractivity contribution in [2.24, 2.45) is 0 Å². The molecule has 1 atom stereocenters. The number of hydrogen-bond donors (Lipinski definition) is 1. The Morgan fingerprint density at radius 1 is 0.966 bits per heavy atom. The van der Waals surface area contributed by atoms with E-state index in [1.807, 2.05) is 24.3 Å². The lowest BCUT2D eigenvalue weighted by molar-refractivity contribution is -0.122. The van der Waals surface area contributed by atoms with Gasteiger partial charge in [-0.3, -0.25) is 9.69 Å². The van der Waals surface area contributed by atoms with Crippen LogP contribution in [-0.2, 0) is 11.3 Å². The smallest absolute Gasteiger partial charge is 0.234 e. The van der Waals surface area contributed by atoms with Gasteiger partial charge in [0.25, 0.3) is 0 Å². The fraction of sp³-hybridized carbons (Fsp3) is 0.409. The van der Waals surface area contributed by atoms with Crippen molar-refractivity contribution in [2.45, 2.75) is 25.4 Å². The summed E-state index contributed by atoms with van der Waals surface area (Å²) in [5.41, 5.74) is 2.17. The van der Waals surface area contributed by atoms with E-state index in [9.17, 15) is 4.79 Å². The molecule has 7 heteroatoms. The molecule has 3 aliphatic rings. The van der Waals surface area contributed by atoms with Crippen LogP contribution in [0.5, 0.6) is 23.0 Å². The maximum absolute atomic E-state index is 12.6. The fourth-order valence-corrected chi connectivity index (χ4v) is 4.15. The Bertz CT molecular complexity index is 916. The molecule has 0 saturated carbocycles. The summed E-state index contributed by atoms with van der Waals surface area (Å²) in [6.45, 7) is 3.18. The molecule has 1 amide bonds. The molecule has 29 heavy (non-hydrogen) atoms. The van der Waals surface area contributed by atoms with Gasteiger partial charge in [0.2, 0.25) is 12.7 Å². The van der Waals surface area contributed by atoms with Gasteiger partial charge in [-0.25, -0.2) is 0 Å². The van der Waals surface area contributed by atoms with Crippen molar-refractivity contribution < 1.29 is 23.7 Å². The summed E-state index contributed by atoms with van der Waals surface area (Å²) in [5, 5.41) is 3.02. The molecule has 152 valence electrons. The Labute approximate surface area is 169 Å². The van der Waals surface area contributed by atoms with Gasteiger partial charge in [0.05, 0.1) is 6.54 Å². The Balaban J connectivity index is 1.20. The second kappa shape index (κ2) is 7.83. The molecule has 0 spiro atoms. The summed E-state index contributed by atoms with van der Waals surface area (Å²) in [7, 11) is 0. The van der Waals surface area contributed by atoms with E-state index in [0.717, 1.165) is 47.9 Å². The van der Waals surface area contributed by atoms with Crippen LogP contribution < -0.4 is 24.3 Å². The third-order valence-electron chi connectivity index (χ3n) is 5.59. The highest BCUT2D eigenvalue weighted by Gasteiger charge is 2.28. The molecule has 0 bridgehead atoms. The standard InChI is InChI=1S/C22H24N2O5/c25-22(23-12-15-3-5-19-20(10-15)29-14-28-19)13-24-7-1-2-17(24)16-4-6-18-21(11-16)27-9-8-26-18/h3-6,10-11,17H,1-2,7-9,12-14H2,(H,23,25). The van der Waals surface area contributed by atoms with Gasteiger partial charge in [-0.1, -0.05) is 12.1 Å². The monoisotopic (exact) mass is 396 g/mol. The highest BCUT2D eigenvalue weighted by Crippen LogP contribution is 2.38. The predicted octanol–water partition coefficient (Wildman–Crippen LogP) is 2.64. The van der Waals surface area contributed by atoms with Crippen molar-refractivity contribution in [3.63, 3.8) is 0 Å². The zero-order valence-corrected chi connectivity index (χ0v) is 16.2. The SMILES string of the molecule is O=C(CN1CCCC1c1ccc2c(c1)OCCO2)NCc1ccc2c(c1)OCO2. The van der Waals surface area contributed by atoms with E-state index in [0.29, 0.717) is 26.3 Å². The van der Waals surface area contributed by atoms with Crippen LogP contribution >= 0.6 is 0 Å². The van der Waals surface area contributed by atoms with Crippen molar-refractivity contribution in [1.82, 2.24) is 10.2 Å². The predicted molar refractivity (Wildman–Crippen MR) is 105 cm³/mol. The van der Waals surface area contributed by atoms with Crippen LogP contribution in [-0.4, -0.2) is 43.9 Å². The van der Waals surface area contributed by atoms with Gasteiger partial charge in [0.1, 0.15) is 13.2 Å². The molecular formula is C22H24N2O5. The molecule has 3 aliphatic heterocycles. The molecule has 1 unspecified atom stereocenters. The number of nitrogens with zero attached hydrogens (tertiary/aromatic N) is 1. The Hall–Kier alpha value is -2.93. The molecule has 2 aromatic rings. The molecule has 0 radical (unpaired) electrons. The lowest BCUT2D eigenvalue weighted by atomic mass is 10.0. The number of ether oxygens (including phenoxy) is 4. The molecule has 1 saturated heterocycles. The van der Waals surface area contributed by atoms with Gasteiger partial charge >= 0.3 is 0 Å². The average Bonchev–Trinajstić information content (AvgIpc) is 3.41. The molecule has 1 fully saturated rings. The highest BCUT2D eigenvalue weighted by atomic mass is 16.7. The molecule has 0 aromatic heterocycles. The summed E-state index contributed by atoms with van der Waals surface area (Å²) in [6, 6.07) is 12.1. The quantitative estimate of drug-likeness (QED) is 0.838. The van der Waals surface area contributed by atoms with E-state index >= 15 is 0 Å². The Kier molecular flexibility index (Phi) is 4.89. The van der Waals surface area contributed by atoms with Crippen LogP contribution in [0.25, 0.3) is 0 Å². The number of nitrogens with one attached hydrogen (secondary N) is 1. The third-order valence-corrected chi connectivity index (χ3v) is 5.59. The highest BCUT2D eigenvalue weighted by molar-refractivity contribution is 5.78. The number of carbonyl (C=O) groups excluding carboxylic acids is 1. The van der Waals surface area contributed by atoms with Crippen LogP contribution in [0.3, 0.4) is 0 Å². The van der Waals surface area contributed by atoms with Crippen LogP contribution in [0.4, 0.5) is 0 Å². The molecule has 3 heterocycles. The van der Waals surface area contributed by atoms with Gasteiger partial charge in [0.15, 0.2) is 23.0 Å². The normalized spacial score (nSPS) is 19.9. The number of benzene rings is 2. The number of rotatable bonds is 5. The second-order valence-corrected chi connectivity index (χ2v) is 7.50. The summed E-state index contributed by atoms with van der Waals surface area (Å²) in [5.74, 6) is 3.10. The number of likely N-dealkylation sites (tertiary alicyclic amines) is 1. The zero-order chi connectivity index (χ0) is 19.6. The molecule has 2 aromatic carbocycles. The first-order valence-electron chi connectivity index (χ1n) is 10.0. The average molecular weight is 396 g/mol.